The first-order chi connectivity index (χ1) is 8.72. The van der Waals surface area contributed by atoms with Crippen molar-refractivity contribution in [2.75, 3.05) is 0 Å². The first kappa shape index (κ1) is 15.0. The van der Waals surface area contributed by atoms with E-state index in [4.69, 9.17) is 10.2 Å². The van der Waals surface area contributed by atoms with Gasteiger partial charge in [0.1, 0.15) is 16.8 Å². The molecule has 1 atom stereocenters. The van der Waals surface area contributed by atoms with Crippen LogP contribution >= 0.6 is 0 Å². The summed E-state index contributed by atoms with van der Waals surface area (Å²) in [5.74, 6) is -4.07. The van der Waals surface area contributed by atoms with E-state index in [1.807, 2.05) is 0 Å². The predicted octanol–water partition coefficient (Wildman–Crippen LogP) is -0.573. The summed E-state index contributed by atoms with van der Waals surface area (Å²) in [6.07, 6.45) is 0.632. The van der Waals surface area contributed by atoms with E-state index in [1.165, 1.54) is 0 Å². The molecule has 1 unspecified atom stereocenters. The van der Waals surface area contributed by atoms with Crippen molar-refractivity contribution in [1.29, 1.82) is 0 Å². The topological polar surface area (TPSA) is 134 Å². The molecule has 0 bridgehead atoms. The molecule has 19 heavy (non-hydrogen) atoms. The van der Waals surface area contributed by atoms with Gasteiger partial charge in [-0.05, 0) is 6.07 Å². The number of rotatable bonds is 6. The number of halogens is 1. The van der Waals surface area contributed by atoms with E-state index < -0.39 is 45.1 Å². The van der Waals surface area contributed by atoms with Crippen molar-refractivity contribution >= 4 is 22.0 Å². The minimum Gasteiger partial charge on any atom is -0.481 e. The zero-order valence-corrected chi connectivity index (χ0v) is 10.1. The van der Waals surface area contributed by atoms with Crippen molar-refractivity contribution < 1.29 is 32.6 Å². The van der Waals surface area contributed by atoms with Crippen molar-refractivity contribution in [3.63, 3.8) is 0 Å². The van der Waals surface area contributed by atoms with Crippen LogP contribution in [0.15, 0.2) is 23.4 Å². The van der Waals surface area contributed by atoms with E-state index in [9.17, 15) is 22.4 Å². The van der Waals surface area contributed by atoms with Crippen LogP contribution in [-0.4, -0.2) is 41.6 Å². The molecule has 1 aromatic rings. The highest BCUT2D eigenvalue weighted by molar-refractivity contribution is 7.89. The standard InChI is InChI=1S/C9H9FN2O6S/c10-5-1-6(4-11-3-5)19(17,18)12-7(9(15)16)2-8(13)14/h1,3-4,7,12H,2H2,(H,13,14)(H,15,16). The van der Waals surface area contributed by atoms with Crippen LogP contribution in [0.3, 0.4) is 0 Å². The minimum atomic E-state index is -4.37. The summed E-state index contributed by atoms with van der Waals surface area (Å²) < 4.78 is 37.9. The monoisotopic (exact) mass is 292 g/mol. The first-order valence-corrected chi connectivity index (χ1v) is 6.28. The van der Waals surface area contributed by atoms with Gasteiger partial charge in [-0.15, -0.1) is 0 Å². The molecule has 0 spiro atoms. The van der Waals surface area contributed by atoms with Gasteiger partial charge in [-0.25, -0.2) is 12.8 Å². The highest BCUT2D eigenvalue weighted by atomic mass is 32.2. The Morgan fingerprint density at radius 1 is 1.37 bits per heavy atom. The highest BCUT2D eigenvalue weighted by Crippen LogP contribution is 2.10. The number of carboxylic acids is 2. The van der Waals surface area contributed by atoms with Gasteiger partial charge in [0, 0.05) is 6.20 Å². The minimum absolute atomic E-state index is 0.593. The van der Waals surface area contributed by atoms with E-state index in [0.717, 1.165) is 12.4 Å². The number of pyridine rings is 1. The zero-order chi connectivity index (χ0) is 14.6. The van der Waals surface area contributed by atoms with Crippen molar-refractivity contribution in [2.24, 2.45) is 0 Å². The number of nitrogens with zero attached hydrogens (tertiary/aromatic N) is 1. The average Bonchev–Trinajstić information content (AvgIpc) is 2.27. The normalized spacial score (nSPS) is 12.9. The first-order valence-electron chi connectivity index (χ1n) is 4.80. The molecule has 8 nitrogen and oxygen atoms in total. The summed E-state index contributed by atoms with van der Waals surface area (Å²) in [5.41, 5.74) is 0. The second kappa shape index (κ2) is 5.71. The van der Waals surface area contributed by atoms with Gasteiger partial charge in [-0.1, -0.05) is 0 Å². The molecule has 104 valence electrons. The van der Waals surface area contributed by atoms with Crippen molar-refractivity contribution in [1.82, 2.24) is 9.71 Å². The maximum Gasteiger partial charge on any atom is 0.322 e. The molecule has 0 aliphatic heterocycles. The molecule has 0 fully saturated rings. The van der Waals surface area contributed by atoms with E-state index in [-0.39, 0.29) is 0 Å². The molecular weight excluding hydrogens is 283 g/mol. The fraction of sp³-hybridized carbons (Fsp3) is 0.222. The van der Waals surface area contributed by atoms with Crippen LogP contribution in [0.2, 0.25) is 0 Å². The fourth-order valence-corrected chi connectivity index (χ4v) is 2.31. The lowest BCUT2D eigenvalue weighted by atomic mass is 10.2. The lowest BCUT2D eigenvalue weighted by Crippen LogP contribution is -2.42. The Morgan fingerprint density at radius 3 is 2.47 bits per heavy atom. The third-order valence-corrected chi connectivity index (χ3v) is 3.40. The quantitative estimate of drug-likeness (QED) is 0.639. The summed E-state index contributed by atoms with van der Waals surface area (Å²) in [7, 11) is -4.37. The Bertz CT molecular complexity index is 602. The number of aliphatic carboxylic acids is 2. The number of nitrogens with one attached hydrogen (secondary N) is 1. The molecule has 1 rings (SSSR count). The molecule has 1 aromatic heterocycles. The maximum atomic E-state index is 12.8. The van der Waals surface area contributed by atoms with Crippen molar-refractivity contribution in [2.45, 2.75) is 17.4 Å². The lowest BCUT2D eigenvalue weighted by Gasteiger charge is -2.12. The Kier molecular flexibility index (Phi) is 4.51. The lowest BCUT2D eigenvalue weighted by molar-refractivity contribution is -0.145. The molecule has 10 heteroatoms. The number of carbonyl (C=O) groups is 2. The van der Waals surface area contributed by atoms with Crippen LogP contribution in [0.25, 0.3) is 0 Å². The fourth-order valence-electron chi connectivity index (χ4n) is 1.15. The Balaban J connectivity index is 3.00. The molecule has 0 saturated carbocycles. The Hall–Kier alpha value is -2.07. The highest BCUT2D eigenvalue weighted by Gasteiger charge is 2.27. The van der Waals surface area contributed by atoms with E-state index in [1.54, 1.807) is 4.72 Å². The number of sulfonamides is 1. The molecule has 0 amide bonds. The van der Waals surface area contributed by atoms with Gasteiger partial charge >= 0.3 is 11.9 Å². The van der Waals surface area contributed by atoms with Crippen LogP contribution in [0.4, 0.5) is 4.39 Å². The second-order valence-electron chi connectivity index (χ2n) is 3.45. The summed E-state index contributed by atoms with van der Waals surface area (Å²) in [6.45, 7) is 0. The van der Waals surface area contributed by atoms with Crippen LogP contribution in [0, 0.1) is 5.82 Å². The number of hydrogen-bond acceptors (Lipinski definition) is 5. The SMILES string of the molecule is O=C(O)CC(NS(=O)(=O)c1cncc(F)c1)C(=O)O. The van der Waals surface area contributed by atoms with Crippen LogP contribution < -0.4 is 4.72 Å². The summed E-state index contributed by atoms with van der Waals surface area (Å²) in [4.78, 5) is 23.9. The van der Waals surface area contributed by atoms with Gasteiger partial charge in [0.25, 0.3) is 0 Å². The smallest absolute Gasteiger partial charge is 0.322 e. The Morgan fingerprint density at radius 2 is 2.00 bits per heavy atom. The molecule has 3 N–H and O–H groups in total. The summed E-state index contributed by atoms with van der Waals surface area (Å²) in [6, 6.07) is -1.22. The molecule has 0 saturated heterocycles. The maximum absolute atomic E-state index is 12.8. The average molecular weight is 292 g/mol. The Labute approximate surface area is 106 Å². The molecule has 0 aliphatic rings. The molecule has 0 radical (unpaired) electrons. The third-order valence-electron chi connectivity index (χ3n) is 1.96. The summed E-state index contributed by atoms with van der Waals surface area (Å²) in [5, 5.41) is 17.2. The van der Waals surface area contributed by atoms with Crippen molar-refractivity contribution in [3.05, 3.63) is 24.3 Å². The molecule has 0 aliphatic carbocycles. The van der Waals surface area contributed by atoms with Crippen LogP contribution in [-0.2, 0) is 19.6 Å². The van der Waals surface area contributed by atoms with Gasteiger partial charge in [-0.2, -0.15) is 4.72 Å². The second-order valence-corrected chi connectivity index (χ2v) is 5.16. The van der Waals surface area contributed by atoms with Crippen LogP contribution in [0.1, 0.15) is 6.42 Å². The van der Waals surface area contributed by atoms with Gasteiger partial charge in [-0.3, -0.25) is 14.6 Å². The number of carboxylic acid groups (broad SMARTS) is 2. The molecule has 0 aromatic carbocycles. The number of hydrogen-bond donors (Lipinski definition) is 3. The van der Waals surface area contributed by atoms with E-state index >= 15 is 0 Å². The third kappa shape index (κ3) is 4.26. The summed E-state index contributed by atoms with van der Waals surface area (Å²) >= 11 is 0. The largest absolute Gasteiger partial charge is 0.481 e. The van der Waals surface area contributed by atoms with Gasteiger partial charge < -0.3 is 10.2 Å². The van der Waals surface area contributed by atoms with E-state index in [0.29, 0.717) is 6.07 Å². The predicted molar refractivity (Wildman–Crippen MR) is 58.2 cm³/mol. The molecule has 1 heterocycles. The molecular formula is C9H9FN2O6S. The number of aromatic nitrogens is 1. The van der Waals surface area contributed by atoms with Crippen LogP contribution in [0.5, 0.6) is 0 Å². The van der Waals surface area contributed by atoms with Crippen molar-refractivity contribution in [3.8, 4) is 0 Å². The van der Waals surface area contributed by atoms with Gasteiger partial charge in [0.15, 0.2) is 0 Å². The van der Waals surface area contributed by atoms with E-state index in [2.05, 4.69) is 4.98 Å². The van der Waals surface area contributed by atoms with Gasteiger partial charge in [0.05, 0.1) is 12.6 Å². The van der Waals surface area contributed by atoms with Gasteiger partial charge in [0.2, 0.25) is 10.0 Å². The zero-order valence-electron chi connectivity index (χ0n) is 9.28.